The van der Waals surface area contributed by atoms with Gasteiger partial charge in [0.05, 0.1) is 6.10 Å². The molecule has 0 bridgehead atoms. The number of hydrogen-bond acceptors (Lipinski definition) is 3. The van der Waals surface area contributed by atoms with Gasteiger partial charge >= 0.3 is 5.97 Å². The molecule has 0 spiro atoms. The van der Waals surface area contributed by atoms with Gasteiger partial charge in [-0.05, 0) is 42.6 Å². The molecular weight excluding hydrogens is 228 g/mol. The highest BCUT2D eigenvalue weighted by molar-refractivity contribution is 5.93. The number of carbonyl (C=O) groups excluding carboxylic acids is 1. The Morgan fingerprint density at radius 3 is 2.72 bits per heavy atom. The van der Waals surface area contributed by atoms with Crippen LogP contribution in [0.3, 0.4) is 0 Å². The monoisotopic (exact) mass is 250 g/mol. The van der Waals surface area contributed by atoms with Crippen molar-refractivity contribution in [2.45, 2.75) is 52.6 Å². The lowest BCUT2D eigenvalue weighted by Gasteiger charge is -2.55. The van der Waals surface area contributed by atoms with Crippen molar-refractivity contribution in [2.24, 2.45) is 16.7 Å². The van der Waals surface area contributed by atoms with Gasteiger partial charge in [0.15, 0.2) is 0 Å². The summed E-state index contributed by atoms with van der Waals surface area (Å²) in [6.45, 7) is 6.99. The first-order valence-corrected chi connectivity index (χ1v) is 6.95. The van der Waals surface area contributed by atoms with Gasteiger partial charge < -0.3 is 9.84 Å². The van der Waals surface area contributed by atoms with Gasteiger partial charge in [-0.25, -0.2) is 4.79 Å². The zero-order valence-electron chi connectivity index (χ0n) is 11.5. The van der Waals surface area contributed by atoms with Crippen molar-refractivity contribution < 1.29 is 14.6 Å². The van der Waals surface area contributed by atoms with Crippen LogP contribution in [0, 0.1) is 16.7 Å². The van der Waals surface area contributed by atoms with Crippen LogP contribution in [0.1, 0.15) is 46.5 Å². The number of aliphatic hydroxyl groups excluding tert-OH is 1. The molecule has 3 atom stereocenters. The molecule has 0 saturated heterocycles. The maximum atomic E-state index is 12.0. The van der Waals surface area contributed by atoms with Gasteiger partial charge in [-0.3, -0.25) is 0 Å². The van der Waals surface area contributed by atoms with E-state index in [9.17, 15) is 9.90 Å². The molecule has 1 heterocycles. The zero-order valence-corrected chi connectivity index (χ0v) is 11.5. The fraction of sp³-hybridized carbons (Fsp3) is 0.800. The molecule has 2 aliphatic carbocycles. The summed E-state index contributed by atoms with van der Waals surface area (Å²) in [6, 6.07) is 0. The number of rotatable bonds is 0. The second-order valence-corrected chi connectivity index (χ2v) is 6.94. The molecule has 0 radical (unpaired) electrons. The lowest BCUT2D eigenvalue weighted by molar-refractivity contribution is -0.140. The van der Waals surface area contributed by atoms with Gasteiger partial charge in [0.1, 0.15) is 6.61 Å². The summed E-state index contributed by atoms with van der Waals surface area (Å²) in [5.41, 5.74) is 1.95. The molecule has 1 N–H and O–H groups in total. The minimum Gasteiger partial charge on any atom is -0.458 e. The molecule has 100 valence electrons. The maximum Gasteiger partial charge on any atom is 0.334 e. The molecule has 3 rings (SSSR count). The molecule has 0 aromatic heterocycles. The third-order valence-corrected chi connectivity index (χ3v) is 5.70. The van der Waals surface area contributed by atoms with Crippen molar-refractivity contribution >= 4 is 5.97 Å². The number of cyclic esters (lactones) is 1. The van der Waals surface area contributed by atoms with Gasteiger partial charge in [-0.2, -0.15) is 0 Å². The first-order chi connectivity index (χ1) is 8.37. The highest BCUT2D eigenvalue weighted by atomic mass is 16.5. The Kier molecular flexibility index (Phi) is 2.44. The normalized spacial score (nSPS) is 42.3. The van der Waals surface area contributed by atoms with Crippen LogP contribution in [0.25, 0.3) is 0 Å². The molecule has 3 nitrogen and oxygen atoms in total. The quantitative estimate of drug-likeness (QED) is 0.672. The molecule has 1 saturated carbocycles. The standard InChI is InChI=1S/C15H22O3/c1-14(2)10-5-4-9-8-18-13(17)12(9)15(10,3)7-6-11(14)16/h10-11,16H,4-8H2,1-3H3/t10-,11+,15+/m1/s1. The van der Waals surface area contributed by atoms with E-state index in [2.05, 4.69) is 20.8 Å². The first kappa shape index (κ1) is 12.2. The van der Waals surface area contributed by atoms with Crippen LogP contribution >= 0.6 is 0 Å². The highest BCUT2D eigenvalue weighted by Gasteiger charge is 2.57. The molecular formula is C15H22O3. The average Bonchev–Trinajstić information content (AvgIpc) is 2.68. The van der Waals surface area contributed by atoms with Gasteiger partial charge in [-0.1, -0.05) is 20.8 Å². The fourth-order valence-corrected chi connectivity index (χ4v) is 4.62. The summed E-state index contributed by atoms with van der Waals surface area (Å²) >= 11 is 0. The third-order valence-electron chi connectivity index (χ3n) is 5.70. The molecule has 0 aromatic carbocycles. The van der Waals surface area contributed by atoms with Crippen molar-refractivity contribution in [1.29, 1.82) is 0 Å². The minimum atomic E-state index is -0.254. The van der Waals surface area contributed by atoms with Crippen LogP contribution in [0.15, 0.2) is 11.1 Å². The molecule has 1 aliphatic heterocycles. The second kappa shape index (κ2) is 3.60. The largest absolute Gasteiger partial charge is 0.458 e. The van der Waals surface area contributed by atoms with Crippen LogP contribution in [0.5, 0.6) is 0 Å². The lowest BCUT2D eigenvalue weighted by Crippen LogP contribution is -2.52. The molecule has 0 unspecified atom stereocenters. The Labute approximate surface area is 108 Å². The van der Waals surface area contributed by atoms with E-state index < -0.39 is 0 Å². The van der Waals surface area contributed by atoms with E-state index in [1.54, 1.807) is 0 Å². The number of carbonyl (C=O) groups is 1. The molecule has 1 fully saturated rings. The van der Waals surface area contributed by atoms with Crippen molar-refractivity contribution in [3.63, 3.8) is 0 Å². The van der Waals surface area contributed by atoms with E-state index in [4.69, 9.17) is 4.74 Å². The summed E-state index contributed by atoms with van der Waals surface area (Å²) in [4.78, 5) is 12.0. The van der Waals surface area contributed by atoms with Gasteiger partial charge in [-0.15, -0.1) is 0 Å². The number of esters is 1. The van der Waals surface area contributed by atoms with Gasteiger partial charge in [0.2, 0.25) is 0 Å². The number of fused-ring (bicyclic) bond motifs is 2. The van der Waals surface area contributed by atoms with Crippen LogP contribution in [-0.2, 0) is 9.53 Å². The summed E-state index contributed by atoms with van der Waals surface area (Å²) < 4.78 is 5.23. The van der Waals surface area contributed by atoms with E-state index in [0.717, 1.165) is 31.3 Å². The number of hydrogen-bond donors (Lipinski definition) is 1. The second-order valence-electron chi connectivity index (χ2n) is 6.94. The number of ether oxygens (including phenoxy) is 1. The molecule has 18 heavy (non-hydrogen) atoms. The molecule has 0 amide bonds. The summed E-state index contributed by atoms with van der Waals surface area (Å²) in [5, 5.41) is 10.3. The Bertz CT molecular complexity index is 435. The Morgan fingerprint density at radius 2 is 2.00 bits per heavy atom. The van der Waals surface area contributed by atoms with E-state index >= 15 is 0 Å². The summed E-state index contributed by atoms with van der Waals surface area (Å²) in [6.07, 6.45) is 3.45. The van der Waals surface area contributed by atoms with Gasteiger partial charge in [0, 0.05) is 11.0 Å². The van der Waals surface area contributed by atoms with Crippen molar-refractivity contribution in [3.05, 3.63) is 11.1 Å². The average molecular weight is 250 g/mol. The highest BCUT2D eigenvalue weighted by Crippen LogP contribution is 2.60. The van der Waals surface area contributed by atoms with E-state index in [1.165, 1.54) is 5.57 Å². The van der Waals surface area contributed by atoms with Crippen LogP contribution in [0.4, 0.5) is 0 Å². The van der Waals surface area contributed by atoms with Crippen molar-refractivity contribution in [1.82, 2.24) is 0 Å². The predicted octanol–water partition coefficient (Wildman–Crippen LogP) is 2.44. The maximum absolute atomic E-state index is 12.0. The summed E-state index contributed by atoms with van der Waals surface area (Å²) in [5.74, 6) is 0.266. The zero-order chi connectivity index (χ0) is 13.1. The van der Waals surface area contributed by atoms with E-state index in [-0.39, 0.29) is 22.9 Å². The number of aliphatic hydroxyl groups is 1. The van der Waals surface area contributed by atoms with Crippen molar-refractivity contribution in [3.8, 4) is 0 Å². The minimum absolute atomic E-state index is 0.0934. The third kappa shape index (κ3) is 1.37. The SMILES string of the molecule is CC1(C)[C@H]2CCC3=C(C(=O)OC3)[C@@]2(C)CC[C@@H]1O. The Hall–Kier alpha value is -0.830. The fourth-order valence-electron chi connectivity index (χ4n) is 4.62. The molecule has 0 aromatic rings. The molecule has 3 aliphatic rings. The summed E-state index contributed by atoms with van der Waals surface area (Å²) in [7, 11) is 0. The van der Waals surface area contributed by atoms with Crippen LogP contribution in [0.2, 0.25) is 0 Å². The van der Waals surface area contributed by atoms with E-state index in [1.807, 2.05) is 0 Å². The van der Waals surface area contributed by atoms with Crippen molar-refractivity contribution in [2.75, 3.05) is 6.61 Å². The smallest absolute Gasteiger partial charge is 0.334 e. The van der Waals surface area contributed by atoms with Crippen LogP contribution < -0.4 is 0 Å². The van der Waals surface area contributed by atoms with Gasteiger partial charge in [0.25, 0.3) is 0 Å². The van der Waals surface area contributed by atoms with Crippen LogP contribution in [-0.4, -0.2) is 23.8 Å². The molecule has 3 heteroatoms. The Morgan fingerprint density at radius 1 is 1.28 bits per heavy atom. The predicted molar refractivity (Wildman–Crippen MR) is 67.8 cm³/mol. The first-order valence-electron chi connectivity index (χ1n) is 6.95. The lowest BCUT2D eigenvalue weighted by atomic mass is 9.49. The topological polar surface area (TPSA) is 46.5 Å². The Balaban J connectivity index is 2.07. The van der Waals surface area contributed by atoms with E-state index in [0.29, 0.717) is 12.5 Å².